The Morgan fingerprint density at radius 3 is 2.88 bits per heavy atom. The lowest BCUT2D eigenvalue weighted by Crippen LogP contribution is -2.03. The maximum Gasteiger partial charge on any atom is 0.188 e. The Morgan fingerprint density at radius 2 is 2.25 bits per heavy atom. The van der Waals surface area contributed by atoms with Gasteiger partial charge in [0.25, 0.3) is 0 Å². The summed E-state index contributed by atoms with van der Waals surface area (Å²) in [4.78, 5) is 11.6. The SMILES string of the molecule is COCOc1c(C)cccc1SC(C)C=O. The van der Waals surface area contributed by atoms with Crippen LogP contribution in [0.5, 0.6) is 5.75 Å². The minimum atomic E-state index is -0.0771. The molecule has 1 aromatic carbocycles. The second-order valence-corrected chi connectivity index (χ2v) is 4.83. The summed E-state index contributed by atoms with van der Waals surface area (Å²) in [5.74, 6) is 0.794. The number of hydrogen-bond acceptors (Lipinski definition) is 4. The first-order chi connectivity index (χ1) is 7.69. The molecule has 0 amide bonds. The summed E-state index contributed by atoms with van der Waals surface area (Å²) >= 11 is 1.49. The van der Waals surface area contributed by atoms with Gasteiger partial charge in [0.05, 0.1) is 10.1 Å². The zero-order chi connectivity index (χ0) is 12.0. The number of rotatable bonds is 6. The Bertz CT molecular complexity index is 352. The Balaban J connectivity index is 2.88. The van der Waals surface area contributed by atoms with Gasteiger partial charge in [-0.25, -0.2) is 0 Å². The number of methoxy groups -OCH3 is 1. The number of ether oxygens (including phenoxy) is 2. The topological polar surface area (TPSA) is 35.5 Å². The normalized spacial score (nSPS) is 12.2. The largest absolute Gasteiger partial charge is 0.466 e. The van der Waals surface area contributed by atoms with Gasteiger partial charge < -0.3 is 14.3 Å². The molecule has 4 heteroatoms. The maximum atomic E-state index is 10.6. The Morgan fingerprint density at radius 1 is 1.50 bits per heavy atom. The molecule has 0 saturated carbocycles. The van der Waals surface area contributed by atoms with E-state index < -0.39 is 0 Å². The highest BCUT2D eigenvalue weighted by Gasteiger charge is 2.10. The highest BCUT2D eigenvalue weighted by Crippen LogP contribution is 2.34. The third kappa shape index (κ3) is 3.54. The van der Waals surface area contributed by atoms with Gasteiger partial charge in [-0.3, -0.25) is 0 Å². The van der Waals surface area contributed by atoms with Crippen molar-refractivity contribution in [2.75, 3.05) is 13.9 Å². The van der Waals surface area contributed by atoms with E-state index in [0.29, 0.717) is 0 Å². The van der Waals surface area contributed by atoms with Gasteiger partial charge in [-0.1, -0.05) is 12.1 Å². The van der Waals surface area contributed by atoms with Crippen LogP contribution in [0.25, 0.3) is 0 Å². The summed E-state index contributed by atoms with van der Waals surface area (Å²) < 4.78 is 10.4. The van der Waals surface area contributed by atoms with Crippen LogP contribution in [0.15, 0.2) is 23.1 Å². The van der Waals surface area contributed by atoms with Gasteiger partial charge in [-0.05, 0) is 25.5 Å². The number of hydrogen-bond donors (Lipinski definition) is 0. The van der Waals surface area contributed by atoms with Gasteiger partial charge in [-0.15, -0.1) is 11.8 Å². The number of carbonyl (C=O) groups excluding carboxylic acids is 1. The predicted octanol–water partition coefficient (Wildman–Crippen LogP) is 2.66. The number of thioether (sulfide) groups is 1. The first-order valence-electron chi connectivity index (χ1n) is 5.02. The average molecular weight is 240 g/mol. The van der Waals surface area contributed by atoms with Gasteiger partial charge in [-0.2, -0.15) is 0 Å². The number of carbonyl (C=O) groups is 1. The molecule has 3 nitrogen and oxygen atoms in total. The molecular formula is C12H16O3S. The molecule has 0 bridgehead atoms. The van der Waals surface area contributed by atoms with Crippen molar-refractivity contribution in [3.8, 4) is 5.75 Å². The van der Waals surface area contributed by atoms with Gasteiger partial charge in [0.2, 0.25) is 0 Å². The van der Waals surface area contributed by atoms with Crippen LogP contribution < -0.4 is 4.74 Å². The second-order valence-electron chi connectivity index (χ2n) is 3.41. The lowest BCUT2D eigenvalue weighted by atomic mass is 10.2. The number of para-hydroxylation sites is 1. The first-order valence-corrected chi connectivity index (χ1v) is 5.90. The third-order valence-corrected chi connectivity index (χ3v) is 3.06. The van der Waals surface area contributed by atoms with E-state index in [1.807, 2.05) is 32.0 Å². The van der Waals surface area contributed by atoms with Crippen molar-refractivity contribution in [1.82, 2.24) is 0 Å². The molecule has 0 aliphatic carbocycles. The van der Waals surface area contributed by atoms with Crippen LogP contribution in [0.3, 0.4) is 0 Å². The number of aldehydes is 1. The van der Waals surface area contributed by atoms with E-state index in [0.717, 1.165) is 22.5 Å². The minimum Gasteiger partial charge on any atom is -0.466 e. The Hall–Kier alpha value is -1.00. The van der Waals surface area contributed by atoms with Crippen LogP contribution in [0.4, 0.5) is 0 Å². The monoisotopic (exact) mass is 240 g/mol. The lowest BCUT2D eigenvalue weighted by molar-refractivity contribution is -0.107. The van der Waals surface area contributed by atoms with Crippen LogP contribution in [0.2, 0.25) is 0 Å². The van der Waals surface area contributed by atoms with E-state index in [-0.39, 0.29) is 12.0 Å². The minimum absolute atomic E-state index is 0.0771. The molecule has 0 fully saturated rings. The summed E-state index contributed by atoms with van der Waals surface area (Å²) in [5, 5.41) is -0.0771. The van der Waals surface area contributed by atoms with Gasteiger partial charge in [0, 0.05) is 7.11 Å². The van der Waals surface area contributed by atoms with E-state index in [4.69, 9.17) is 9.47 Å². The summed E-state index contributed by atoms with van der Waals surface area (Å²) in [5.41, 5.74) is 1.04. The summed E-state index contributed by atoms with van der Waals surface area (Å²) in [6, 6.07) is 5.87. The fraction of sp³-hybridized carbons (Fsp3) is 0.417. The second kappa shape index (κ2) is 6.55. The molecule has 1 aromatic rings. The van der Waals surface area contributed by atoms with Gasteiger partial charge in [0.1, 0.15) is 12.0 Å². The molecule has 1 atom stereocenters. The van der Waals surface area contributed by atoms with Gasteiger partial charge >= 0.3 is 0 Å². The van der Waals surface area contributed by atoms with E-state index in [1.165, 1.54) is 11.8 Å². The zero-order valence-corrected chi connectivity index (χ0v) is 10.5. The Kier molecular flexibility index (Phi) is 5.35. The smallest absolute Gasteiger partial charge is 0.188 e. The summed E-state index contributed by atoms with van der Waals surface area (Å²) in [6.07, 6.45) is 0.924. The summed E-state index contributed by atoms with van der Waals surface area (Å²) in [7, 11) is 1.58. The number of benzene rings is 1. The van der Waals surface area contributed by atoms with Crippen molar-refractivity contribution >= 4 is 18.0 Å². The predicted molar refractivity (Wildman–Crippen MR) is 65.1 cm³/mol. The van der Waals surface area contributed by atoms with Crippen LogP contribution in [-0.2, 0) is 9.53 Å². The molecule has 0 spiro atoms. The van der Waals surface area contributed by atoms with E-state index >= 15 is 0 Å². The van der Waals surface area contributed by atoms with Crippen LogP contribution >= 0.6 is 11.8 Å². The van der Waals surface area contributed by atoms with Crippen LogP contribution in [0, 0.1) is 6.92 Å². The van der Waals surface area contributed by atoms with Crippen molar-refractivity contribution in [2.45, 2.75) is 24.0 Å². The van der Waals surface area contributed by atoms with Crippen molar-refractivity contribution < 1.29 is 14.3 Å². The molecule has 0 aliphatic heterocycles. The standard InChI is InChI=1S/C12H16O3S/c1-9-5-4-6-11(16-10(2)7-13)12(9)15-8-14-3/h4-7,10H,8H2,1-3H3. The zero-order valence-electron chi connectivity index (χ0n) is 9.73. The van der Waals surface area contributed by atoms with Crippen molar-refractivity contribution in [1.29, 1.82) is 0 Å². The highest BCUT2D eigenvalue weighted by molar-refractivity contribution is 8.00. The Labute approximate surface area is 100 Å². The quantitative estimate of drug-likeness (QED) is 0.435. The fourth-order valence-electron chi connectivity index (χ4n) is 1.25. The van der Waals surface area contributed by atoms with E-state index in [1.54, 1.807) is 7.11 Å². The lowest BCUT2D eigenvalue weighted by Gasteiger charge is -2.13. The number of aryl methyl sites for hydroxylation is 1. The molecule has 0 aromatic heterocycles. The van der Waals surface area contributed by atoms with Crippen LogP contribution in [0.1, 0.15) is 12.5 Å². The molecule has 0 saturated heterocycles. The maximum absolute atomic E-state index is 10.6. The molecule has 1 unspecified atom stereocenters. The molecule has 0 aliphatic rings. The molecule has 1 rings (SSSR count). The van der Waals surface area contributed by atoms with Crippen molar-refractivity contribution in [3.63, 3.8) is 0 Å². The van der Waals surface area contributed by atoms with Gasteiger partial charge in [0.15, 0.2) is 6.79 Å². The van der Waals surface area contributed by atoms with E-state index in [2.05, 4.69) is 0 Å². The fourth-order valence-corrected chi connectivity index (χ4v) is 2.19. The van der Waals surface area contributed by atoms with E-state index in [9.17, 15) is 4.79 Å². The molecule has 0 radical (unpaired) electrons. The third-order valence-electron chi connectivity index (χ3n) is 2.00. The average Bonchev–Trinajstić information content (AvgIpc) is 2.28. The molecule has 0 N–H and O–H groups in total. The summed E-state index contributed by atoms with van der Waals surface area (Å²) in [6.45, 7) is 4.05. The van der Waals surface area contributed by atoms with Crippen LogP contribution in [-0.4, -0.2) is 25.4 Å². The molecule has 88 valence electrons. The molecule has 16 heavy (non-hydrogen) atoms. The van der Waals surface area contributed by atoms with Crippen molar-refractivity contribution in [3.05, 3.63) is 23.8 Å². The first kappa shape index (κ1) is 13.1. The van der Waals surface area contributed by atoms with Crippen molar-refractivity contribution in [2.24, 2.45) is 0 Å². The molecular weight excluding hydrogens is 224 g/mol. The molecule has 0 heterocycles. The highest BCUT2D eigenvalue weighted by atomic mass is 32.2.